The highest BCUT2D eigenvalue weighted by molar-refractivity contribution is 9.11. The molecule has 0 bridgehead atoms. The smallest absolute Gasteiger partial charge is 0.0756 e. The van der Waals surface area contributed by atoms with Gasteiger partial charge in [0.2, 0.25) is 0 Å². The lowest BCUT2D eigenvalue weighted by molar-refractivity contribution is 0.184. The average Bonchev–Trinajstić information content (AvgIpc) is 2.34. The normalized spacial score (nSPS) is 10.6. The Hall–Kier alpha value is 0.100. The molecule has 0 saturated carbocycles. The molecule has 0 aliphatic rings. The van der Waals surface area contributed by atoms with Crippen LogP contribution in [0.1, 0.15) is 10.4 Å². The minimum Gasteiger partial charge on any atom is -0.380 e. The molecule has 1 heterocycles. The number of halogens is 1. The molecule has 2 nitrogen and oxygen atoms in total. The Morgan fingerprint density at radius 2 is 2.42 bits per heavy atom. The van der Waals surface area contributed by atoms with Gasteiger partial charge >= 0.3 is 0 Å². The molecule has 12 heavy (non-hydrogen) atoms. The summed E-state index contributed by atoms with van der Waals surface area (Å²) in [5, 5.41) is 0. The zero-order valence-corrected chi connectivity index (χ0v) is 9.37. The van der Waals surface area contributed by atoms with Gasteiger partial charge in [0.15, 0.2) is 0 Å². The third kappa shape index (κ3) is 2.55. The molecular formula is C8H12BrNOS. The van der Waals surface area contributed by atoms with E-state index in [4.69, 9.17) is 10.5 Å². The summed E-state index contributed by atoms with van der Waals surface area (Å²) < 4.78 is 6.21. The fourth-order valence-electron chi connectivity index (χ4n) is 0.981. The fraction of sp³-hybridized carbons (Fsp3) is 0.500. The van der Waals surface area contributed by atoms with Crippen molar-refractivity contribution in [3.05, 3.63) is 20.3 Å². The van der Waals surface area contributed by atoms with Gasteiger partial charge in [0.25, 0.3) is 0 Å². The maximum absolute atomic E-state index is 5.45. The van der Waals surface area contributed by atoms with Crippen LogP contribution in [0.25, 0.3) is 0 Å². The van der Waals surface area contributed by atoms with Crippen molar-refractivity contribution < 1.29 is 4.74 Å². The van der Waals surface area contributed by atoms with Crippen LogP contribution in [0, 0.1) is 0 Å². The number of rotatable bonds is 4. The summed E-state index contributed by atoms with van der Waals surface area (Å²) in [5.41, 5.74) is 6.67. The SMILES string of the molecule is COCc1cc(CCN)sc1Br. The first kappa shape index (κ1) is 10.2. The zero-order valence-electron chi connectivity index (χ0n) is 6.97. The molecule has 2 N–H and O–H groups in total. The second-order valence-corrected chi connectivity index (χ2v) is 4.94. The molecule has 0 fully saturated rings. The maximum Gasteiger partial charge on any atom is 0.0756 e. The van der Waals surface area contributed by atoms with Crippen LogP contribution in [0.3, 0.4) is 0 Å². The number of thiophene rings is 1. The van der Waals surface area contributed by atoms with Gasteiger partial charge in [-0.3, -0.25) is 0 Å². The van der Waals surface area contributed by atoms with Gasteiger partial charge in [0, 0.05) is 17.6 Å². The highest BCUT2D eigenvalue weighted by Gasteiger charge is 2.05. The molecule has 0 aliphatic carbocycles. The highest BCUT2D eigenvalue weighted by atomic mass is 79.9. The molecule has 0 saturated heterocycles. The highest BCUT2D eigenvalue weighted by Crippen LogP contribution is 2.28. The van der Waals surface area contributed by atoms with E-state index in [1.807, 2.05) is 0 Å². The first-order valence-corrected chi connectivity index (χ1v) is 5.35. The van der Waals surface area contributed by atoms with Crippen molar-refractivity contribution in [1.82, 2.24) is 0 Å². The zero-order chi connectivity index (χ0) is 8.97. The van der Waals surface area contributed by atoms with Gasteiger partial charge in [-0.25, -0.2) is 0 Å². The molecule has 0 unspecified atom stereocenters. The van der Waals surface area contributed by atoms with Crippen molar-refractivity contribution in [1.29, 1.82) is 0 Å². The molecule has 4 heteroatoms. The monoisotopic (exact) mass is 249 g/mol. The lowest BCUT2D eigenvalue weighted by atomic mass is 10.3. The van der Waals surface area contributed by atoms with E-state index in [2.05, 4.69) is 22.0 Å². The molecule has 68 valence electrons. The van der Waals surface area contributed by atoms with Gasteiger partial charge in [-0.2, -0.15) is 0 Å². The van der Waals surface area contributed by atoms with E-state index < -0.39 is 0 Å². The lowest BCUT2D eigenvalue weighted by Gasteiger charge is -1.93. The predicted octanol–water partition coefficient (Wildman–Crippen LogP) is 2.16. The molecule has 0 atom stereocenters. The number of ether oxygens (including phenoxy) is 1. The standard InChI is InChI=1S/C8H12BrNOS/c1-11-5-6-4-7(2-3-10)12-8(6)9/h4H,2-3,5,10H2,1H3. The molecule has 0 aliphatic heterocycles. The lowest BCUT2D eigenvalue weighted by Crippen LogP contribution is -2.00. The minimum absolute atomic E-state index is 0.668. The maximum atomic E-state index is 5.45. The number of methoxy groups -OCH3 is 1. The Bertz CT molecular complexity index is 249. The van der Waals surface area contributed by atoms with Gasteiger partial charge in [-0.1, -0.05) is 0 Å². The van der Waals surface area contributed by atoms with Crippen LogP contribution >= 0.6 is 27.3 Å². The summed E-state index contributed by atoms with van der Waals surface area (Å²) in [4.78, 5) is 1.32. The van der Waals surface area contributed by atoms with E-state index in [-0.39, 0.29) is 0 Å². The van der Waals surface area contributed by atoms with Gasteiger partial charge in [0.05, 0.1) is 10.4 Å². The van der Waals surface area contributed by atoms with E-state index in [0.717, 1.165) is 10.2 Å². The van der Waals surface area contributed by atoms with E-state index in [1.54, 1.807) is 18.4 Å². The Morgan fingerprint density at radius 1 is 1.67 bits per heavy atom. The molecule has 0 radical (unpaired) electrons. The fourth-order valence-corrected chi connectivity index (χ4v) is 2.73. The van der Waals surface area contributed by atoms with Gasteiger partial charge < -0.3 is 10.5 Å². The van der Waals surface area contributed by atoms with Crippen molar-refractivity contribution in [2.24, 2.45) is 5.73 Å². The van der Waals surface area contributed by atoms with E-state index >= 15 is 0 Å². The summed E-state index contributed by atoms with van der Waals surface area (Å²) >= 11 is 5.22. The van der Waals surface area contributed by atoms with Crippen LogP contribution in [0.5, 0.6) is 0 Å². The van der Waals surface area contributed by atoms with Crippen molar-refractivity contribution in [2.45, 2.75) is 13.0 Å². The first-order chi connectivity index (χ1) is 5.77. The van der Waals surface area contributed by atoms with Gasteiger partial charge in [-0.15, -0.1) is 11.3 Å². The number of hydrogen-bond acceptors (Lipinski definition) is 3. The van der Waals surface area contributed by atoms with E-state index in [0.29, 0.717) is 13.2 Å². The van der Waals surface area contributed by atoms with Crippen LogP contribution in [0.15, 0.2) is 9.85 Å². The summed E-state index contributed by atoms with van der Waals surface area (Å²) in [5.74, 6) is 0. The van der Waals surface area contributed by atoms with E-state index in [1.165, 1.54) is 10.4 Å². The van der Waals surface area contributed by atoms with Crippen LogP contribution in [-0.2, 0) is 17.8 Å². The molecule has 1 aromatic heterocycles. The van der Waals surface area contributed by atoms with Crippen LogP contribution in [0.2, 0.25) is 0 Å². The van der Waals surface area contributed by atoms with Crippen molar-refractivity contribution in [2.75, 3.05) is 13.7 Å². The first-order valence-electron chi connectivity index (χ1n) is 3.74. The van der Waals surface area contributed by atoms with Crippen LogP contribution in [-0.4, -0.2) is 13.7 Å². The predicted molar refractivity (Wildman–Crippen MR) is 55.5 cm³/mol. The van der Waals surface area contributed by atoms with Crippen molar-refractivity contribution in [3.63, 3.8) is 0 Å². The summed E-state index contributed by atoms with van der Waals surface area (Å²) in [6, 6.07) is 2.14. The Labute approximate surface area is 84.9 Å². The Balaban J connectivity index is 2.70. The second-order valence-electron chi connectivity index (χ2n) is 2.48. The molecule has 1 aromatic rings. The second kappa shape index (κ2) is 4.97. The largest absolute Gasteiger partial charge is 0.380 e. The van der Waals surface area contributed by atoms with Crippen LogP contribution < -0.4 is 5.73 Å². The summed E-state index contributed by atoms with van der Waals surface area (Å²) in [6.07, 6.45) is 0.951. The minimum atomic E-state index is 0.668. The third-order valence-electron chi connectivity index (χ3n) is 1.50. The average molecular weight is 250 g/mol. The molecular weight excluding hydrogens is 238 g/mol. The van der Waals surface area contributed by atoms with E-state index in [9.17, 15) is 0 Å². The Morgan fingerprint density at radius 3 is 3.00 bits per heavy atom. The van der Waals surface area contributed by atoms with Crippen molar-refractivity contribution in [3.8, 4) is 0 Å². The third-order valence-corrected chi connectivity index (χ3v) is 3.52. The van der Waals surface area contributed by atoms with Crippen molar-refractivity contribution >= 4 is 27.3 Å². The number of hydrogen-bond donors (Lipinski definition) is 1. The quantitative estimate of drug-likeness (QED) is 0.888. The molecule has 1 rings (SSSR count). The topological polar surface area (TPSA) is 35.2 Å². The molecule has 0 aromatic carbocycles. The number of nitrogens with two attached hydrogens (primary N) is 1. The molecule has 0 amide bonds. The molecule has 0 spiro atoms. The van der Waals surface area contributed by atoms with Gasteiger partial charge in [-0.05, 0) is 35.0 Å². The van der Waals surface area contributed by atoms with Crippen LogP contribution in [0.4, 0.5) is 0 Å². The summed E-state index contributed by atoms with van der Waals surface area (Å²) in [7, 11) is 1.70. The Kier molecular flexibility index (Phi) is 4.21. The van der Waals surface area contributed by atoms with Gasteiger partial charge in [0.1, 0.15) is 0 Å². The summed E-state index contributed by atoms with van der Waals surface area (Å²) in [6.45, 7) is 1.38.